The lowest BCUT2D eigenvalue weighted by atomic mass is 10.3. The average molecular weight is 316 g/mol. The minimum atomic E-state index is -0.225. The van der Waals surface area contributed by atoms with Crippen LogP contribution in [0.25, 0.3) is 0 Å². The maximum absolute atomic E-state index is 11.7. The Balaban J connectivity index is 1.97. The molecule has 0 unspecified atom stereocenters. The summed E-state index contributed by atoms with van der Waals surface area (Å²) in [5.74, 6) is 0.626. The zero-order valence-corrected chi connectivity index (χ0v) is 11.0. The smallest absolute Gasteiger partial charge is 0.236 e. The molecule has 2 rings (SSSR count). The Kier molecular flexibility index (Phi) is 3.86. The monoisotopic (exact) mass is 314 g/mol. The molecule has 0 atom stereocenters. The summed E-state index contributed by atoms with van der Waals surface area (Å²) in [5, 5.41) is 0.623. The molecular formula is C12H8BrClO3. The number of furan rings is 1. The lowest BCUT2D eigenvalue weighted by Gasteiger charge is -2.04. The normalized spacial score (nSPS) is 10.2. The largest absolute Gasteiger partial charge is 0.485 e. The second-order valence-electron chi connectivity index (χ2n) is 3.26. The van der Waals surface area contributed by atoms with Crippen molar-refractivity contribution in [1.29, 1.82) is 0 Å². The Morgan fingerprint density at radius 1 is 1.29 bits per heavy atom. The standard InChI is InChI=1S/C12H8BrClO3/c13-10-5-6-16-12(10)11(15)7-17-9-3-1-8(14)2-4-9/h1-6H,7H2. The van der Waals surface area contributed by atoms with E-state index < -0.39 is 0 Å². The van der Waals surface area contributed by atoms with E-state index in [2.05, 4.69) is 15.9 Å². The highest BCUT2D eigenvalue weighted by Gasteiger charge is 2.14. The zero-order valence-electron chi connectivity index (χ0n) is 8.65. The van der Waals surface area contributed by atoms with Crippen LogP contribution in [0.1, 0.15) is 10.6 Å². The molecule has 0 saturated heterocycles. The van der Waals surface area contributed by atoms with Crippen LogP contribution in [0.3, 0.4) is 0 Å². The zero-order chi connectivity index (χ0) is 12.3. The molecule has 1 aromatic carbocycles. The highest BCUT2D eigenvalue weighted by Crippen LogP contribution is 2.19. The van der Waals surface area contributed by atoms with E-state index in [1.54, 1.807) is 30.3 Å². The second kappa shape index (κ2) is 5.38. The van der Waals surface area contributed by atoms with Gasteiger partial charge >= 0.3 is 0 Å². The Bertz CT molecular complexity index is 519. The summed E-state index contributed by atoms with van der Waals surface area (Å²) < 4.78 is 11.0. The summed E-state index contributed by atoms with van der Waals surface area (Å²) in [6.45, 7) is -0.0756. The van der Waals surface area contributed by atoms with Crippen molar-refractivity contribution in [2.75, 3.05) is 6.61 Å². The Labute approximate surface area is 111 Å². The van der Waals surface area contributed by atoms with Crippen molar-refractivity contribution in [3.05, 3.63) is 51.9 Å². The Hall–Kier alpha value is -1.26. The summed E-state index contributed by atoms with van der Waals surface area (Å²) in [7, 11) is 0. The molecule has 2 aromatic rings. The SMILES string of the molecule is O=C(COc1ccc(Cl)cc1)c1occc1Br. The molecular weight excluding hydrogens is 307 g/mol. The molecule has 0 bridgehead atoms. The van der Waals surface area contributed by atoms with E-state index in [-0.39, 0.29) is 18.2 Å². The van der Waals surface area contributed by atoms with Crippen LogP contribution in [0, 0.1) is 0 Å². The summed E-state index contributed by atoms with van der Waals surface area (Å²) in [5.41, 5.74) is 0. The number of carbonyl (C=O) groups is 1. The van der Waals surface area contributed by atoms with Crippen LogP contribution in [0.2, 0.25) is 5.02 Å². The Morgan fingerprint density at radius 2 is 2.00 bits per heavy atom. The van der Waals surface area contributed by atoms with Gasteiger partial charge in [0.2, 0.25) is 5.78 Å². The van der Waals surface area contributed by atoms with Gasteiger partial charge in [0, 0.05) is 5.02 Å². The van der Waals surface area contributed by atoms with Gasteiger partial charge in [-0.05, 0) is 46.3 Å². The maximum Gasteiger partial charge on any atom is 0.236 e. The highest BCUT2D eigenvalue weighted by molar-refractivity contribution is 9.10. The average Bonchev–Trinajstić information content (AvgIpc) is 2.74. The molecule has 17 heavy (non-hydrogen) atoms. The predicted octanol–water partition coefficient (Wildman–Crippen LogP) is 3.96. The fourth-order valence-electron chi connectivity index (χ4n) is 1.24. The summed E-state index contributed by atoms with van der Waals surface area (Å²) >= 11 is 8.95. The van der Waals surface area contributed by atoms with Crippen molar-refractivity contribution in [3.8, 4) is 5.75 Å². The number of ketones is 1. The molecule has 0 radical (unpaired) electrons. The predicted molar refractivity (Wildman–Crippen MR) is 67.7 cm³/mol. The highest BCUT2D eigenvalue weighted by atomic mass is 79.9. The summed E-state index contributed by atoms with van der Waals surface area (Å²) in [6.07, 6.45) is 1.44. The molecule has 1 heterocycles. The molecule has 0 N–H and O–H groups in total. The van der Waals surface area contributed by atoms with E-state index in [4.69, 9.17) is 20.8 Å². The lowest BCUT2D eigenvalue weighted by molar-refractivity contribution is 0.0892. The van der Waals surface area contributed by atoms with Gasteiger partial charge in [-0.15, -0.1) is 0 Å². The first-order valence-corrected chi connectivity index (χ1v) is 5.98. The molecule has 0 aliphatic rings. The van der Waals surface area contributed by atoms with Gasteiger partial charge in [-0.1, -0.05) is 11.6 Å². The van der Waals surface area contributed by atoms with Gasteiger partial charge in [0.1, 0.15) is 5.75 Å². The van der Waals surface area contributed by atoms with Crippen molar-refractivity contribution in [3.63, 3.8) is 0 Å². The molecule has 0 fully saturated rings. The molecule has 0 saturated carbocycles. The van der Waals surface area contributed by atoms with Crippen LogP contribution in [0.15, 0.2) is 45.5 Å². The first kappa shape index (κ1) is 12.2. The van der Waals surface area contributed by atoms with E-state index in [0.29, 0.717) is 15.2 Å². The van der Waals surface area contributed by atoms with E-state index in [1.807, 2.05) is 0 Å². The topological polar surface area (TPSA) is 39.4 Å². The van der Waals surface area contributed by atoms with Crippen molar-refractivity contribution in [2.24, 2.45) is 0 Å². The van der Waals surface area contributed by atoms with Crippen LogP contribution >= 0.6 is 27.5 Å². The van der Waals surface area contributed by atoms with Crippen LogP contribution in [-0.4, -0.2) is 12.4 Å². The van der Waals surface area contributed by atoms with E-state index in [0.717, 1.165) is 0 Å². The fraction of sp³-hybridized carbons (Fsp3) is 0.0833. The number of Topliss-reactive ketones (excluding diaryl/α,β-unsaturated/α-hetero) is 1. The first-order chi connectivity index (χ1) is 8.16. The van der Waals surface area contributed by atoms with Gasteiger partial charge in [-0.25, -0.2) is 0 Å². The number of ether oxygens (including phenoxy) is 1. The van der Waals surface area contributed by atoms with E-state index in [1.165, 1.54) is 6.26 Å². The molecule has 5 heteroatoms. The molecule has 0 amide bonds. The third-order valence-electron chi connectivity index (χ3n) is 2.05. The van der Waals surface area contributed by atoms with Crippen LogP contribution in [-0.2, 0) is 0 Å². The second-order valence-corrected chi connectivity index (χ2v) is 4.55. The van der Waals surface area contributed by atoms with Crippen molar-refractivity contribution >= 4 is 33.3 Å². The lowest BCUT2D eigenvalue weighted by Crippen LogP contribution is -2.11. The van der Waals surface area contributed by atoms with Gasteiger partial charge < -0.3 is 9.15 Å². The Morgan fingerprint density at radius 3 is 2.59 bits per heavy atom. The summed E-state index contributed by atoms with van der Waals surface area (Å²) in [4.78, 5) is 11.7. The molecule has 0 aliphatic carbocycles. The molecule has 0 aliphatic heterocycles. The number of carbonyl (C=O) groups excluding carboxylic acids is 1. The molecule has 1 aromatic heterocycles. The quantitative estimate of drug-likeness (QED) is 0.802. The van der Waals surface area contributed by atoms with Gasteiger partial charge in [0.05, 0.1) is 10.7 Å². The minimum absolute atomic E-state index is 0.0756. The van der Waals surface area contributed by atoms with E-state index >= 15 is 0 Å². The van der Waals surface area contributed by atoms with Crippen molar-refractivity contribution in [1.82, 2.24) is 0 Å². The molecule has 0 spiro atoms. The van der Waals surface area contributed by atoms with Crippen LogP contribution in [0.5, 0.6) is 5.75 Å². The van der Waals surface area contributed by atoms with Crippen LogP contribution in [0.4, 0.5) is 0 Å². The number of benzene rings is 1. The molecule has 88 valence electrons. The van der Waals surface area contributed by atoms with Crippen LogP contribution < -0.4 is 4.74 Å². The summed E-state index contributed by atoms with van der Waals surface area (Å²) in [6, 6.07) is 8.46. The number of hydrogen-bond acceptors (Lipinski definition) is 3. The third kappa shape index (κ3) is 3.11. The fourth-order valence-corrected chi connectivity index (χ4v) is 1.79. The van der Waals surface area contributed by atoms with Crippen molar-refractivity contribution < 1.29 is 13.9 Å². The number of halogens is 2. The minimum Gasteiger partial charge on any atom is -0.485 e. The molecule has 3 nitrogen and oxygen atoms in total. The van der Waals surface area contributed by atoms with Gasteiger partial charge in [-0.3, -0.25) is 4.79 Å². The number of hydrogen-bond donors (Lipinski definition) is 0. The van der Waals surface area contributed by atoms with Crippen molar-refractivity contribution in [2.45, 2.75) is 0 Å². The third-order valence-corrected chi connectivity index (χ3v) is 2.93. The first-order valence-electron chi connectivity index (χ1n) is 4.81. The maximum atomic E-state index is 11.7. The van der Waals surface area contributed by atoms with E-state index in [9.17, 15) is 4.79 Å². The van der Waals surface area contributed by atoms with Gasteiger partial charge in [0.25, 0.3) is 0 Å². The van der Waals surface area contributed by atoms with Gasteiger partial charge in [0.15, 0.2) is 12.4 Å². The number of rotatable bonds is 4. The van der Waals surface area contributed by atoms with Gasteiger partial charge in [-0.2, -0.15) is 0 Å².